The highest BCUT2D eigenvalue weighted by atomic mass is 32.2. The molecule has 0 bridgehead atoms. The van der Waals surface area contributed by atoms with E-state index in [0.29, 0.717) is 19.0 Å². The molecule has 1 aliphatic carbocycles. The summed E-state index contributed by atoms with van der Waals surface area (Å²) in [6.07, 6.45) is 3.52. The molecule has 3 N–H and O–H groups in total. The van der Waals surface area contributed by atoms with E-state index in [1.165, 1.54) is 6.42 Å². The highest BCUT2D eigenvalue weighted by Gasteiger charge is 2.36. The van der Waals surface area contributed by atoms with Gasteiger partial charge >= 0.3 is 0 Å². The quantitative estimate of drug-likeness (QED) is 0.374. The van der Waals surface area contributed by atoms with Crippen molar-refractivity contribution in [1.82, 2.24) is 10.6 Å². The molecule has 1 aromatic heterocycles. The summed E-state index contributed by atoms with van der Waals surface area (Å²) in [6.45, 7) is 4.23. The Balaban J connectivity index is 1.87. The van der Waals surface area contributed by atoms with Crippen LogP contribution in [0.5, 0.6) is 0 Å². The van der Waals surface area contributed by atoms with Crippen molar-refractivity contribution >= 4 is 27.1 Å². The number of guanidine groups is 1. The summed E-state index contributed by atoms with van der Waals surface area (Å²) < 4.78 is 30.0. The summed E-state index contributed by atoms with van der Waals surface area (Å²) in [7, 11) is -1.75. The van der Waals surface area contributed by atoms with Crippen molar-refractivity contribution in [3.8, 4) is 0 Å². The van der Waals surface area contributed by atoms with Crippen LogP contribution in [-0.4, -0.2) is 64.7 Å². The van der Waals surface area contributed by atoms with E-state index in [0.717, 1.165) is 37.2 Å². The van der Waals surface area contributed by atoms with Crippen LogP contribution in [0.3, 0.4) is 0 Å². The summed E-state index contributed by atoms with van der Waals surface area (Å²) in [5, 5.41) is 18.1. The number of aliphatic hydroxyl groups is 1. The lowest BCUT2D eigenvalue weighted by Gasteiger charge is -2.40. The van der Waals surface area contributed by atoms with Gasteiger partial charge in [0.25, 0.3) is 0 Å². The minimum absolute atomic E-state index is 0.126. The first-order chi connectivity index (χ1) is 12.9. The van der Waals surface area contributed by atoms with E-state index in [-0.39, 0.29) is 21.9 Å². The second-order valence-electron chi connectivity index (χ2n) is 7.04. The summed E-state index contributed by atoms with van der Waals surface area (Å²) in [4.78, 5) is 4.66. The van der Waals surface area contributed by atoms with Gasteiger partial charge in [-0.2, -0.15) is 0 Å². The smallest absolute Gasteiger partial charge is 0.191 e. The highest BCUT2D eigenvalue weighted by molar-refractivity contribution is 7.93. The van der Waals surface area contributed by atoms with Gasteiger partial charge in [-0.25, -0.2) is 8.42 Å². The molecule has 1 unspecified atom stereocenters. The predicted octanol–water partition coefficient (Wildman–Crippen LogP) is 1.64. The van der Waals surface area contributed by atoms with Gasteiger partial charge in [-0.05, 0) is 43.0 Å². The molecule has 0 radical (unpaired) electrons. The second-order valence-corrected chi connectivity index (χ2v) is 10.2. The van der Waals surface area contributed by atoms with Gasteiger partial charge < -0.3 is 20.5 Å². The van der Waals surface area contributed by atoms with Gasteiger partial charge in [-0.15, -0.1) is 11.3 Å². The molecule has 1 atom stereocenters. The number of methoxy groups -OCH3 is 1. The molecule has 7 nitrogen and oxygen atoms in total. The number of nitrogens with one attached hydrogen (secondary N) is 2. The van der Waals surface area contributed by atoms with Gasteiger partial charge in [-0.1, -0.05) is 12.5 Å². The van der Waals surface area contributed by atoms with E-state index >= 15 is 0 Å². The molecule has 0 amide bonds. The third-order valence-electron chi connectivity index (χ3n) is 4.89. The predicted molar refractivity (Wildman–Crippen MR) is 109 cm³/mol. The maximum Gasteiger partial charge on any atom is 0.191 e. The summed E-state index contributed by atoms with van der Waals surface area (Å²) >= 11 is 1.16. The Hall–Kier alpha value is -1.16. The zero-order valence-corrected chi connectivity index (χ0v) is 17.7. The molecule has 0 aliphatic heterocycles. The van der Waals surface area contributed by atoms with Crippen molar-refractivity contribution in [2.75, 3.05) is 39.1 Å². The fourth-order valence-corrected chi connectivity index (χ4v) is 5.60. The molecule has 0 saturated heterocycles. The monoisotopic (exact) mass is 417 g/mol. The van der Waals surface area contributed by atoms with Crippen LogP contribution in [0.25, 0.3) is 0 Å². The summed E-state index contributed by atoms with van der Waals surface area (Å²) in [5.41, 5.74) is 0.208. The Bertz CT molecular complexity index is 685. The van der Waals surface area contributed by atoms with Gasteiger partial charge in [-0.3, -0.25) is 4.99 Å². The zero-order valence-electron chi connectivity index (χ0n) is 16.1. The van der Waals surface area contributed by atoms with Gasteiger partial charge in [0, 0.05) is 33.4 Å². The van der Waals surface area contributed by atoms with E-state index in [1.54, 1.807) is 24.6 Å². The molecule has 2 rings (SSSR count). The van der Waals surface area contributed by atoms with Crippen molar-refractivity contribution in [2.45, 2.75) is 42.9 Å². The molecular weight excluding hydrogens is 386 g/mol. The number of thiophene rings is 1. The molecular formula is C18H31N3O4S2. The Morgan fingerprint density at radius 2 is 2.22 bits per heavy atom. The third-order valence-corrected chi connectivity index (χ3v) is 8.17. The van der Waals surface area contributed by atoms with Crippen LogP contribution < -0.4 is 10.6 Å². The van der Waals surface area contributed by atoms with Gasteiger partial charge in [0.2, 0.25) is 0 Å². The van der Waals surface area contributed by atoms with E-state index in [2.05, 4.69) is 15.6 Å². The SMILES string of the molecule is CCNC(=NCC1(CCOC)CCC1)NCC(O)CS(=O)(=O)c1cccs1. The molecule has 27 heavy (non-hydrogen) atoms. The van der Waals surface area contributed by atoms with Crippen molar-refractivity contribution in [3.63, 3.8) is 0 Å². The van der Waals surface area contributed by atoms with Crippen molar-refractivity contribution in [1.29, 1.82) is 0 Å². The fourth-order valence-electron chi connectivity index (χ4n) is 3.12. The minimum atomic E-state index is -3.46. The minimum Gasteiger partial charge on any atom is -0.390 e. The number of sulfone groups is 1. The largest absolute Gasteiger partial charge is 0.390 e. The number of aliphatic hydroxyl groups excluding tert-OH is 1. The van der Waals surface area contributed by atoms with Gasteiger partial charge in [0.1, 0.15) is 4.21 Å². The number of ether oxygens (including phenoxy) is 1. The van der Waals surface area contributed by atoms with Crippen LogP contribution >= 0.6 is 11.3 Å². The van der Waals surface area contributed by atoms with Crippen LogP contribution in [0.15, 0.2) is 26.7 Å². The summed E-state index contributed by atoms with van der Waals surface area (Å²) in [5.74, 6) is 0.297. The first kappa shape index (κ1) is 22.1. The average Bonchev–Trinajstić information content (AvgIpc) is 3.13. The van der Waals surface area contributed by atoms with Crippen molar-refractivity contribution < 1.29 is 18.3 Å². The summed E-state index contributed by atoms with van der Waals surface area (Å²) in [6, 6.07) is 3.25. The zero-order chi connectivity index (χ0) is 19.8. The van der Waals surface area contributed by atoms with Crippen molar-refractivity contribution in [2.24, 2.45) is 10.4 Å². The number of hydrogen-bond acceptors (Lipinski definition) is 6. The van der Waals surface area contributed by atoms with E-state index in [9.17, 15) is 13.5 Å². The first-order valence-corrected chi connectivity index (χ1v) is 11.9. The molecule has 1 aromatic rings. The standard InChI is InChI=1S/C18H31N3O4S2/c1-3-19-17(21-14-18(7-5-8-18)9-10-25-2)20-12-15(22)13-27(23,24)16-6-4-11-26-16/h4,6,11,15,22H,3,5,7-10,12-14H2,1-2H3,(H2,19,20,21). The molecule has 9 heteroatoms. The van der Waals surface area contributed by atoms with E-state index in [1.807, 2.05) is 6.92 Å². The Labute approximate surface area is 166 Å². The molecule has 0 aromatic carbocycles. The topological polar surface area (TPSA) is 100 Å². The Morgan fingerprint density at radius 1 is 1.44 bits per heavy atom. The number of nitrogens with zero attached hydrogens (tertiary/aromatic N) is 1. The van der Waals surface area contributed by atoms with Gasteiger partial charge in [0.15, 0.2) is 15.8 Å². The fraction of sp³-hybridized carbons (Fsp3) is 0.722. The van der Waals surface area contributed by atoms with E-state index in [4.69, 9.17) is 4.74 Å². The Morgan fingerprint density at radius 3 is 2.78 bits per heavy atom. The highest BCUT2D eigenvalue weighted by Crippen LogP contribution is 2.44. The van der Waals surface area contributed by atoms with Crippen LogP contribution in [0.2, 0.25) is 0 Å². The first-order valence-electron chi connectivity index (χ1n) is 9.36. The number of hydrogen-bond donors (Lipinski definition) is 3. The molecule has 154 valence electrons. The lowest BCUT2D eigenvalue weighted by molar-refractivity contribution is 0.0778. The normalized spacial score (nSPS) is 18.0. The molecule has 0 spiro atoms. The lowest BCUT2D eigenvalue weighted by atomic mass is 9.67. The van der Waals surface area contributed by atoms with Crippen LogP contribution in [0.1, 0.15) is 32.6 Å². The van der Waals surface area contributed by atoms with Crippen LogP contribution in [0, 0.1) is 5.41 Å². The third kappa shape index (κ3) is 6.74. The number of aliphatic imine (C=N–C) groups is 1. The Kier molecular flexibility index (Phi) is 8.53. The molecule has 1 heterocycles. The molecule has 1 fully saturated rings. The molecule has 1 aliphatic rings. The van der Waals surface area contributed by atoms with Crippen LogP contribution in [0.4, 0.5) is 0 Å². The second kappa shape index (κ2) is 10.4. The molecule has 1 saturated carbocycles. The number of rotatable bonds is 11. The maximum atomic E-state index is 12.2. The maximum absolute atomic E-state index is 12.2. The van der Waals surface area contributed by atoms with Crippen molar-refractivity contribution in [3.05, 3.63) is 17.5 Å². The van der Waals surface area contributed by atoms with E-state index < -0.39 is 15.9 Å². The lowest BCUT2D eigenvalue weighted by Crippen LogP contribution is -2.44. The van der Waals surface area contributed by atoms with Crippen LogP contribution in [-0.2, 0) is 14.6 Å². The van der Waals surface area contributed by atoms with Gasteiger partial charge in [0.05, 0.1) is 11.9 Å². The average molecular weight is 418 g/mol.